The lowest BCUT2D eigenvalue weighted by molar-refractivity contribution is 0.149. The van der Waals surface area contributed by atoms with E-state index in [9.17, 15) is 5.11 Å². The van der Waals surface area contributed by atoms with Gasteiger partial charge < -0.3 is 9.52 Å². The maximum absolute atomic E-state index is 9.60. The van der Waals surface area contributed by atoms with Crippen molar-refractivity contribution in [3.8, 4) is 0 Å². The molecule has 0 fully saturated rings. The summed E-state index contributed by atoms with van der Waals surface area (Å²) in [6, 6.07) is 4.04. The van der Waals surface area contributed by atoms with Gasteiger partial charge in [-0.3, -0.25) is 0 Å². The van der Waals surface area contributed by atoms with Crippen LogP contribution < -0.4 is 0 Å². The van der Waals surface area contributed by atoms with E-state index in [1.54, 1.807) is 11.8 Å². The zero-order valence-electron chi connectivity index (χ0n) is 9.69. The van der Waals surface area contributed by atoms with Crippen LogP contribution in [0.3, 0.4) is 0 Å². The largest absolute Gasteiger partial charge is 0.465 e. The van der Waals surface area contributed by atoms with Gasteiger partial charge in [-0.1, -0.05) is 20.8 Å². The normalized spacial score (nSPS) is 13.4. The number of hydrogen-bond acceptors (Lipinski definition) is 3. The summed E-state index contributed by atoms with van der Waals surface area (Å²) in [6.07, 6.45) is 0.731. The van der Waals surface area contributed by atoms with E-state index in [0.717, 1.165) is 29.4 Å². The smallest absolute Gasteiger partial charge is 0.114 e. The lowest BCUT2D eigenvalue weighted by Crippen LogP contribution is -2.17. The van der Waals surface area contributed by atoms with Gasteiger partial charge >= 0.3 is 0 Å². The fourth-order valence-corrected chi connectivity index (χ4v) is 2.26. The van der Waals surface area contributed by atoms with Crippen LogP contribution in [-0.4, -0.2) is 17.0 Å². The fraction of sp³-hybridized carbons (Fsp3) is 0.667. The first-order valence-corrected chi connectivity index (χ1v) is 6.62. The van der Waals surface area contributed by atoms with Gasteiger partial charge in [-0.2, -0.15) is 11.8 Å². The van der Waals surface area contributed by atoms with Gasteiger partial charge in [0.25, 0.3) is 0 Å². The van der Waals surface area contributed by atoms with Gasteiger partial charge in [0.15, 0.2) is 0 Å². The topological polar surface area (TPSA) is 33.4 Å². The van der Waals surface area contributed by atoms with Crippen LogP contribution in [0.15, 0.2) is 16.5 Å². The first kappa shape index (κ1) is 12.7. The van der Waals surface area contributed by atoms with Crippen LogP contribution in [0.5, 0.6) is 0 Å². The number of rotatable bonds is 6. The van der Waals surface area contributed by atoms with Crippen LogP contribution in [0.4, 0.5) is 0 Å². The predicted octanol–water partition coefficient (Wildman–Crippen LogP) is 3.09. The molecule has 1 aromatic rings. The molecule has 15 heavy (non-hydrogen) atoms. The third-order valence-corrected chi connectivity index (χ3v) is 3.43. The second-order valence-electron chi connectivity index (χ2n) is 4.05. The standard InChI is InChI=1S/C12H20O2S/c1-4-10-5-6-11(14-10)7-15-8-12(13)9(2)3/h5-6,9,12-13H,4,7-8H2,1-3H3. The van der Waals surface area contributed by atoms with E-state index < -0.39 is 0 Å². The molecule has 1 unspecified atom stereocenters. The second kappa shape index (κ2) is 6.23. The Bertz CT molecular complexity index is 281. The molecule has 0 saturated carbocycles. The highest BCUT2D eigenvalue weighted by Gasteiger charge is 2.09. The minimum atomic E-state index is -0.212. The summed E-state index contributed by atoms with van der Waals surface area (Å²) in [4.78, 5) is 0. The molecule has 0 bridgehead atoms. The Balaban J connectivity index is 2.25. The number of aliphatic hydroxyl groups excluding tert-OH is 1. The highest BCUT2D eigenvalue weighted by atomic mass is 32.2. The van der Waals surface area contributed by atoms with E-state index in [2.05, 4.69) is 6.92 Å². The van der Waals surface area contributed by atoms with Crippen molar-refractivity contribution in [1.29, 1.82) is 0 Å². The van der Waals surface area contributed by atoms with Crippen LogP contribution in [0, 0.1) is 5.92 Å². The molecule has 0 aliphatic rings. The first-order chi connectivity index (χ1) is 7.13. The number of aliphatic hydroxyl groups is 1. The summed E-state index contributed by atoms with van der Waals surface area (Å²) in [6.45, 7) is 6.15. The van der Waals surface area contributed by atoms with Crippen molar-refractivity contribution in [3.05, 3.63) is 23.7 Å². The summed E-state index contributed by atoms with van der Waals surface area (Å²) in [5, 5.41) is 9.60. The highest BCUT2D eigenvalue weighted by molar-refractivity contribution is 7.98. The second-order valence-corrected chi connectivity index (χ2v) is 5.08. The lowest BCUT2D eigenvalue weighted by atomic mass is 10.1. The SMILES string of the molecule is CCc1ccc(CSCC(O)C(C)C)o1. The third-order valence-electron chi connectivity index (χ3n) is 2.37. The molecule has 0 radical (unpaired) electrons. The molecule has 1 N–H and O–H groups in total. The number of thioether (sulfide) groups is 1. The predicted molar refractivity (Wildman–Crippen MR) is 65.1 cm³/mol. The molecule has 0 aliphatic carbocycles. The summed E-state index contributed by atoms with van der Waals surface area (Å²) in [5.74, 6) is 4.01. The molecule has 1 atom stereocenters. The number of hydrogen-bond donors (Lipinski definition) is 1. The Labute approximate surface area is 96.1 Å². The summed E-state index contributed by atoms with van der Waals surface area (Å²) < 4.78 is 5.57. The molecular formula is C12H20O2S. The maximum atomic E-state index is 9.60. The minimum Gasteiger partial charge on any atom is -0.465 e. The van der Waals surface area contributed by atoms with Crippen molar-refractivity contribution in [1.82, 2.24) is 0 Å². The average Bonchev–Trinajstić information content (AvgIpc) is 2.65. The Hall–Kier alpha value is -0.410. The van der Waals surface area contributed by atoms with Gasteiger partial charge in [-0.25, -0.2) is 0 Å². The zero-order valence-corrected chi connectivity index (χ0v) is 10.5. The van der Waals surface area contributed by atoms with Gasteiger partial charge in [-0.15, -0.1) is 0 Å². The molecule has 3 heteroatoms. The molecule has 0 saturated heterocycles. The van der Waals surface area contributed by atoms with Gasteiger partial charge in [0.05, 0.1) is 11.9 Å². The number of aryl methyl sites for hydroxylation is 1. The lowest BCUT2D eigenvalue weighted by Gasteiger charge is -2.12. The molecule has 0 spiro atoms. The molecule has 0 aliphatic heterocycles. The molecular weight excluding hydrogens is 208 g/mol. The Kier molecular flexibility index (Phi) is 5.26. The van der Waals surface area contributed by atoms with Crippen molar-refractivity contribution >= 4 is 11.8 Å². The van der Waals surface area contributed by atoms with Gasteiger partial charge in [0.2, 0.25) is 0 Å². The monoisotopic (exact) mass is 228 g/mol. The molecule has 0 aromatic carbocycles. The van der Waals surface area contributed by atoms with Crippen LogP contribution in [0.2, 0.25) is 0 Å². The van der Waals surface area contributed by atoms with E-state index in [1.807, 2.05) is 26.0 Å². The van der Waals surface area contributed by atoms with E-state index in [0.29, 0.717) is 5.92 Å². The Morgan fingerprint density at radius 2 is 2.00 bits per heavy atom. The van der Waals surface area contributed by atoms with E-state index in [4.69, 9.17) is 4.42 Å². The van der Waals surface area contributed by atoms with Gasteiger partial charge in [0.1, 0.15) is 11.5 Å². The van der Waals surface area contributed by atoms with Crippen molar-refractivity contribution in [3.63, 3.8) is 0 Å². The molecule has 2 nitrogen and oxygen atoms in total. The van der Waals surface area contributed by atoms with Crippen molar-refractivity contribution in [2.75, 3.05) is 5.75 Å². The summed E-state index contributed by atoms with van der Waals surface area (Å²) >= 11 is 1.72. The van der Waals surface area contributed by atoms with Crippen LogP contribution in [0.1, 0.15) is 32.3 Å². The Morgan fingerprint density at radius 3 is 2.53 bits per heavy atom. The van der Waals surface area contributed by atoms with Gasteiger partial charge in [0, 0.05) is 12.2 Å². The molecule has 1 rings (SSSR count). The third kappa shape index (κ3) is 4.31. The first-order valence-electron chi connectivity index (χ1n) is 5.46. The van der Waals surface area contributed by atoms with Crippen LogP contribution in [0.25, 0.3) is 0 Å². The average molecular weight is 228 g/mol. The molecule has 1 heterocycles. The van der Waals surface area contributed by atoms with E-state index in [1.165, 1.54) is 0 Å². The van der Waals surface area contributed by atoms with E-state index in [-0.39, 0.29) is 6.10 Å². The van der Waals surface area contributed by atoms with Crippen LogP contribution in [-0.2, 0) is 12.2 Å². The molecule has 86 valence electrons. The van der Waals surface area contributed by atoms with Crippen molar-refractivity contribution in [2.24, 2.45) is 5.92 Å². The molecule has 0 amide bonds. The quantitative estimate of drug-likeness (QED) is 0.812. The molecule has 1 aromatic heterocycles. The zero-order chi connectivity index (χ0) is 11.3. The number of furan rings is 1. The van der Waals surface area contributed by atoms with Crippen molar-refractivity contribution in [2.45, 2.75) is 39.0 Å². The minimum absolute atomic E-state index is 0.212. The fourth-order valence-electron chi connectivity index (χ4n) is 1.16. The Morgan fingerprint density at radius 1 is 1.33 bits per heavy atom. The van der Waals surface area contributed by atoms with Crippen LogP contribution >= 0.6 is 11.8 Å². The maximum Gasteiger partial charge on any atom is 0.114 e. The summed E-state index contributed by atoms with van der Waals surface area (Å²) in [7, 11) is 0. The van der Waals surface area contributed by atoms with Gasteiger partial charge in [-0.05, 0) is 18.1 Å². The highest BCUT2D eigenvalue weighted by Crippen LogP contribution is 2.18. The van der Waals surface area contributed by atoms with Crippen molar-refractivity contribution < 1.29 is 9.52 Å². The van der Waals surface area contributed by atoms with E-state index >= 15 is 0 Å². The summed E-state index contributed by atoms with van der Waals surface area (Å²) in [5.41, 5.74) is 0.